The molecule has 0 saturated carbocycles. The summed E-state index contributed by atoms with van der Waals surface area (Å²) in [6.45, 7) is 3.44. The van der Waals surface area contributed by atoms with Crippen LogP contribution in [-0.4, -0.2) is 51.4 Å². The summed E-state index contributed by atoms with van der Waals surface area (Å²) in [4.78, 5) is 43.4. The average Bonchev–Trinajstić information content (AvgIpc) is 2.73. The van der Waals surface area contributed by atoms with Crippen LogP contribution in [0.5, 0.6) is 0 Å². The van der Waals surface area contributed by atoms with E-state index in [4.69, 9.17) is 11.6 Å². The van der Waals surface area contributed by atoms with Crippen LogP contribution in [0.2, 0.25) is 5.02 Å². The molecule has 2 heterocycles. The van der Waals surface area contributed by atoms with Gasteiger partial charge in [-0.15, -0.1) is 0 Å². The van der Waals surface area contributed by atoms with Crippen molar-refractivity contribution in [3.05, 3.63) is 80.0 Å². The predicted octanol–water partition coefficient (Wildman–Crippen LogP) is 1.69. The summed E-state index contributed by atoms with van der Waals surface area (Å²) >= 11 is 5.93. The van der Waals surface area contributed by atoms with Gasteiger partial charge in [0, 0.05) is 37.7 Å². The molecule has 3 aromatic rings. The second-order valence-electron chi connectivity index (χ2n) is 7.15. The molecule has 1 aromatic heterocycles. The van der Waals surface area contributed by atoms with Gasteiger partial charge in [0.2, 0.25) is 5.91 Å². The van der Waals surface area contributed by atoms with Crippen molar-refractivity contribution >= 4 is 28.4 Å². The van der Waals surface area contributed by atoms with E-state index in [1.165, 1.54) is 10.1 Å². The van der Waals surface area contributed by atoms with Crippen molar-refractivity contribution in [2.75, 3.05) is 26.2 Å². The first-order chi connectivity index (χ1) is 14.0. The van der Waals surface area contributed by atoms with E-state index in [0.29, 0.717) is 29.0 Å². The minimum absolute atomic E-state index is 0.0900. The number of aromatic nitrogens is 2. The highest BCUT2D eigenvalue weighted by Gasteiger charge is 2.22. The Morgan fingerprint density at radius 1 is 0.966 bits per heavy atom. The number of halogens is 1. The predicted molar refractivity (Wildman–Crippen MR) is 112 cm³/mol. The second kappa shape index (κ2) is 8.23. The number of hydrogen-bond donors (Lipinski definition) is 1. The molecule has 0 atom stereocenters. The number of para-hydroxylation sites is 1. The summed E-state index contributed by atoms with van der Waals surface area (Å²) in [5.74, 6) is -0.129. The monoisotopic (exact) mass is 412 g/mol. The number of benzene rings is 2. The van der Waals surface area contributed by atoms with Gasteiger partial charge in [0.05, 0.1) is 10.9 Å². The van der Waals surface area contributed by atoms with E-state index in [-0.39, 0.29) is 12.5 Å². The largest absolute Gasteiger partial charge is 0.339 e. The fourth-order valence-electron chi connectivity index (χ4n) is 3.64. The summed E-state index contributed by atoms with van der Waals surface area (Å²) in [6, 6.07) is 14.6. The first kappa shape index (κ1) is 19.4. The molecular formula is C21H21ClN4O3. The molecule has 7 nitrogen and oxygen atoms in total. The van der Waals surface area contributed by atoms with Crippen LogP contribution in [0.1, 0.15) is 5.56 Å². The summed E-state index contributed by atoms with van der Waals surface area (Å²) in [6.07, 6.45) is 0. The molecule has 1 N–H and O–H groups in total. The first-order valence-corrected chi connectivity index (χ1v) is 9.85. The van der Waals surface area contributed by atoms with E-state index >= 15 is 0 Å². The Kier molecular flexibility index (Phi) is 5.51. The van der Waals surface area contributed by atoms with Gasteiger partial charge in [-0.05, 0) is 29.8 Å². The molecule has 0 aliphatic carbocycles. The highest BCUT2D eigenvalue weighted by Crippen LogP contribution is 2.13. The van der Waals surface area contributed by atoms with Crippen LogP contribution in [-0.2, 0) is 17.9 Å². The first-order valence-electron chi connectivity index (χ1n) is 9.48. The molecule has 2 aromatic carbocycles. The van der Waals surface area contributed by atoms with Crippen molar-refractivity contribution in [1.29, 1.82) is 0 Å². The Balaban J connectivity index is 1.42. The molecule has 1 amide bonds. The fourth-order valence-corrected chi connectivity index (χ4v) is 3.76. The van der Waals surface area contributed by atoms with Crippen molar-refractivity contribution in [2.45, 2.75) is 13.1 Å². The van der Waals surface area contributed by atoms with Crippen LogP contribution in [0, 0.1) is 0 Å². The lowest BCUT2D eigenvalue weighted by Crippen LogP contribution is -2.49. The number of hydrogen-bond acceptors (Lipinski definition) is 4. The third-order valence-electron chi connectivity index (χ3n) is 5.24. The molecule has 1 saturated heterocycles. The van der Waals surface area contributed by atoms with Crippen molar-refractivity contribution in [1.82, 2.24) is 19.4 Å². The molecule has 1 fully saturated rings. The van der Waals surface area contributed by atoms with Gasteiger partial charge in [-0.1, -0.05) is 35.9 Å². The molecule has 0 bridgehead atoms. The van der Waals surface area contributed by atoms with Gasteiger partial charge >= 0.3 is 5.69 Å². The fraction of sp³-hybridized carbons (Fsp3) is 0.286. The quantitative estimate of drug-likeness (QED) is 0.707. The Morgan fingerprint density at radius 3 is 2.38 bits per heavy atom. The number of nitrogens with one attached hydrogen (secondary N) is 1. The number of fused-ring (bicyclic) bond motifs is 1. The Labute approximate surface area is 172 Å². The van der Waals surface area contributed by atoms with Crippen LogP contribution in [0.25, 0.3) is 10.9 Å². The standard InChI is InChI=1S/C21H21ClN4O3/c22-16-7-5-15(6-8-16)13-24-9-11-25(12-10-24)19(27)14-26-18-4-2-1-3-17(18)20(28)23-21(26)29/h1-8H,9-14H2,(H,23,28,29). The van der Waals surface area contributed by atoms with E-state index in [1.54, 1.807) is 29.2 Å². The van der Waals surface area contributed by atoms with Crippen LogP contribution >= 0.6 is 11.6 Å². The zero-order valence-electron chi connectivity index (χ0n) is 15.8. The molecule has 150 valence electrons. The minimum atomic E-state index is -0.566. The lowest BCUT2D eigenvalue weighted by Gasteiger charge is -2.35. The summed E-state index contributed by atoms with van der Waals surface area (Å²) < 4.78 is 1.33. The minimum Gasteiger partial charge on any atom is -0.339 e. The lowest BCUT2D eigenvalue weighted by atomic mass is 10.2. The Hall–Kier alpha value is -2.90. The van der Waals surface area contributed by atoms with Gasteiger partial charge in [0.15, 0.2) is 0 Å². The van der Waals surface area contributed by atoms with Gasteiger partial charge in [-0.25, -0.2) is 4.79 Å². The maximum Gasteiger partial charge on any atom is 0.329 e. The van der Waals surface area contributed by atoms with Crippen LogP contribution in [0.4, 0.5) is 0 Å². The number of carbonyl (C=O) groups is 1. The molecule has 29 heavy (non-hydrogen) atoms. The van der Waals surface area contributed by atoms with Crippen molar-refractivity contribution in [2.24, 2.45) is 0 Å². The van der Waals surface area contributed by atoms with E-state index < -0.39 is 11.2 Å². The number of rotatable bonds is 4. The Morgan fingerprint density at radius 2 is 1.66 bits per heavy atom. The molecule has 8 heteroatoms. The van der Waals surface area contributed by atoms with E-state index in [2.05, 4.69) is 9.88 Å². The van der Waals surface area contributed by atoms with E-state index in [9.17, 15) is 14.4 Å². The smallest absolute Gasteiger partial charge is 0.329 e. The number of piperazine rings is 1. The molecule has 1 aliphatic heterocycles. The van der Waals surface area contributed by atoms with Crippen LogP contribution < -0.4 is 11.2 Å². The zero-order valence-corrected chi connectivity index (χ0v) is 16.6. The second-order valence-corrected chi connectivity index (χ2v) is 7.58. The number of nitrogens with zero attached hydrogens (tertiary/aromatic N) is 3. The SMILES string of the molecule is O=C(Cn1c(=O)[nH]c(=O)c2ccccc21)N1CCN(Cc2ccc(Cl)cc2)CC1. The third kappa shape index (κ3) is 4.26. The molecule has 1 aliphatic rings. The molecular weight excluding hydrogens is 392 g/mol. The van der Waals surface area contributed by atoms with Crippen LogP contribution in [0.3, 0.4) is 0 Å². The van der Waals surface area contributed by atoms with Gasteiger partial charge in [0.1, 0.15) is 6.54 Å². The van der Waals surface area contributed by atoms with Gasteiger partial charge in [-0.3, -0.25) is 24.0 Å². The molecule has 0 radical (unpaired) electrons. The highest BCUT2D eigenvalue weighted by molar-refractivity contribution is 6.30. The van der Waals surface area contributed by atoms with E-state index in [1.807, 2.05) is 24.3 Å². The summed E-state index contributed by atoms with van der Waals surface area (Å²) in [5, 5.41) is 1.11. The van der Waals surface area contributed by atoms with Crippen molar-refractivity contribution < 1.29 is 4.79 Å². The highest BCUT2D eigenvalue weighted by atomic mass is 35.5. The third-order valence-corrected chi connectivity index (χ3v) is 5.49. The van der Waals surface area contributed by atoms with Gasteiger partial charge < -0.3 is 4.90 Å². The molecule has 4 rings (SSSR count). The van der Waals surface area contributed by atoms with Crippen molar-refractivity contribution in [3.63, 3.8) is 0 Å². The van der Waals surface area contributed by atoms with Crippen molar-refractivity contribution in [3.8, 4) is 0 Å². The number of amides is 1. The van der Waals surface area contributed by atoms with Gasteiger partial charge in [-0.2, -0.15) is 0 Å². The molecule has 0 unspecified atom stereocenters. The van der Waals surface area contributed by atoms with Crippen LogP contribution in [0.15, 0.2) is 58.1 Å². The summed E-state index contributed by atoms with van der Waals surface area (Å²) in [5.41, 5.74) is 0.643. The zero-order chi connectivity index (χ0) is 20.4. The number of H-pyrrole nitrogens is 1. The topological polar surface area (TPSA) is 78.4 Å². The number of aromatic amines is 1. The lowest BCUT2D eigenvalue weighted by molar-refractivity contribution is -0.133. The maximum absolute atomic E-state index is 12.8. The number of carbonyl (C=O) groups excluding carboxylic acids is 1. The normalized spacial score (nSPS) is 15.0. The average molecular weight is 413 g/mol. The maximum atomic E-state index is 12.8. The Bertz CT molecular complexity index is 1150. The van der Waals surface area contributed by atoms with E-state index in [0.717, 1.165) is 19.6 Å². The molecule has 0 spiro atoms. The summed E-state index contributed by atoms with van der Waals surface area (Å²) in [7, 11) is 0. The van der Waals surface area contributed by atoms with Gasteiger partial charge in [0.25, 0.3) is 5.56 Å².